The van der Waals surface area contributed by atoms with Crippen LogP contribution in [0.4, 0.5) is 0 Å². The number of pyridine rings is 1. The van der Waals surface area contributed by atoms with Crippen LogP contribution in [0.2, 0.25) is 0 Å². The van der Waals surface area contributed by atoms with Gasteiger partial charge in [-0.15, -0.1) is 0 Å². The zero-order chi connectivity index (χ0) is 11.5. The molecule has 4 heteroatoms. The van der Waals surface area contributed by atoms with Crippen LogP contribution >= 0.6 is 0 Å². The number of hydrogen-bond donors (Lipinski definition) is 1. The minimum Gasteiger partial charge on any atom is -0.330 e. The number of nitrogens with zero attached hydrogens (tertiary/aromatic N) is 3. The Hall–Kier alpha value is -1.42. The van der Waals surface area contributed by atoms with Crippen LogP contribution in [-0.4, -0.2) is 27.1 Å². The van der Waals surface area contributed by atoms with Crippen molar-refractivity contribution in [2.75, 3.05) is 6.54 Å². The molecular weight excluding hydrogens is 200 g/mol. The van der Waals surface area contributed by atoms with Gasteiger partial charge >= 0.3 is 0 Å². The van der Waals surface area contributed by atoms with E-state index < -0.39 is 0 Å². The molecule has 86 valence electrons. The highest BCUT2D eigenvalue weighted by atomic mass is 15.1. The third kappa shape index (κ3) is 2.07. The van der Waals surface area contributed by atoms with E-state index in [0.29, 0.717) is 6.04 Å². The fourth-order valence-corrected chi connectivity index (χ4v) is 1.95. The van der Waals surface area contributed by atoms with Gasteiger partial charge in [-0.1, -0.05) is 6.92 Å². The molecule has 2 aromatic rings. The van der Waals surface area contributed by atoms with Crippen LogP contribution in [0, 0.1) is 0 Å². The van der Waals surface area contributed by atoms with Crippen molar-refractivity contribution in [3.63, 3.8) is 0 Å². The number of aromatic nitrogens is 3. The molecule has 2 heterocycles. The summed E-state index contributed by atoms with van der Waals surface area (Å²) < 4.78 is 2.12. The molecule has 2 aromatic heterocycles. The molecule has 0 amide bonds. The first-order valence-electron chi connectivity index (χ1n) is 5.72. The van der Waals surface area contributed by atoms with Crippen molar-refractivity contribution in [3.05, 3.63) is 24.2 Å². The molecule has 1 N–H and O–H groups in total. The Labute approximate surface area is 95.7 Å². The molecule has 0 aliphatic rings. The van der Waals surface area contributed by atoms with Crippen molar-refractivity contribution >= 4 is 11.2 Å². The number of likely N-dealkylation sites (N-methyl/N-ethyl adjacent to an activating group) is 1. The first-order chi connectivity index (χ1) is 7.72. The lowest BCUT2D eigenvalue weighted by Gasteiger charge is -2.11. The number of imidazole rings is 1. The Bertz CT molecular complexity index is 475. The number of hydrogen-bond acceptors (Lipinski definition) is 3. The second kappa shape index (κ2) is 4.61. The summed E-state index contributed by atoms with van der Waals surface area (Å²) in [5.41, 5.74) is 1.94. The zero-order valence-electron chi connectivity index (χ0n) is 10.1. The van der Waals surface area contributed by atoms with Gasteiger partial charge in [0.2, 0.25) is 0 Å². The van der Waals surface area contributed by atoms with Crippen LogP contribution in [0.15, 0.2) is 18.3 Å². The van der Waals surface area contributed by atoms with Gasteiger partial charge in [-0.3, -0.25) is 0 Å². The van der Waals surface area contributed by atoms with Crippen LogP contribution in [0.5, 0.6) is 0 Å². The molecule has 2 rings (SSSR count). The van der Waals surface area contributed by atoms with Gasteiger partial charge in [0.1, 0.15) is 5.82 Å². The molecule has 1 unspecified atom stereocenters. The molecule has 0 fully saturated rings. The van der Waals surface area contributed by atoms with Crippen molar-refractivity contribution in [2.24, 2.45) is 7.05 Å². The van der Waals surface area contributed by atoms with Gasteiger partial charge in [-0.05, 0) is 25.6 Å². The first-order valence-corrected chi connectivity index (χ1v) is 5.72. The molecule has 16 heavy (non-hydrogen) atoms. The molecule has 0 bridgehead atoms. The van der Waals surface area contributed by atoms with Crippen molar-refractivity contribution in [2.45, 2.75) is 26.3 Å². The quantitative estimate of drug-likeness (QED) is 0.846. The summed E-state index contributed by atoms with van der Waals surface area (Å²) in [5.74, 6) is 1.09. The molecule has 0 radical (unpaired) electrons. The van der Waals surface area contributed by atoms with Gasteiger partial charge in [-0.2, -0.15) is 0 Å². The van der Waals surface area contributed by atoms with Gasteiger partial charge in [0.15, 0.2) is 5.65 Å². The Morgan fingerprint density at radius 2 is 2.31 bits per heavy atom. The maximum Gasteiger partial charge on any atom is 0.177 e. The minimum atomic E-state index is 0.445. The van der Waals surface area contributed by atoms with Crippen molar-refractivity contribution in [3.8, 4) is 0 Å². The lowest BCUT2D eigenvalue weighted by molar-refractivity contribution is 0.545. The molecule has 0 aliphatic carbocycles. The second-order valence-electron chi connectivity index (χ2n) is 4.10. The Balaban J connectivity index is 2.27. The lowest BCUT2D eigenvalue weighted by atomic mass is 10.2. The SMILES string of the molecule is CCNC(C)Cc1nc2ncccc2n1C. The molecule has 1 atom stereocenters. The van der Waals surface area contributed by atoms with Gasteiger partial charge in [0.25, 0.3) is 0 Å². The first kappa shape index (κ1) is 11.1. The van der Waals surface area contributed by atoms with Crippen molar-refractivity contribution in [1.29, 1.82) is 0 Å². The molecule has 0 saturated carbocycles. The highest BCUT2D eigenvalue weighted by molar-refractivity contribution is 5.71. The number of fused-ring (bicyclic) bond motifs is 1. The van der Waals surface area contributed by atoms with Gasteiger partial charge < -0.3 is 9.88 Å². The highest BCUT2D eigenvalue weighted by Gasteiger charge is 2.10. The van der Waals surface area contributed by atoms with E-state index in [0.717, 1.165) is 30.0 Å². The van der Waals surface area contributed by atoms with E-state index in [1.165, 1.54) is 0 Å². The van der Waals surface area contributed by atoms with Crippen molar-refractivity contribution < 1.29 is 0 Å². The molecule has 4 nitrogen and oxygen atoms in total. The number of rotatable bonds is 4. The van der Waals surface area contributed by atoms with Gasteiger partial charge in [0, 0.05) is 25.7 Å². The smallest absolute Gasteiger partial charge is 0.177 e. The van der Waals surface area contributed by atoms with Crippen LogP contribution in [0.25, 0.3) is 11.2 Å². The summed E-state index contributed by atoms with van der Waals surface area (Å²) in [6.45, 7) is 5.28. The highest BCUT2D eigenvalue weighted by Crippen LogP contribution is 2.12. The van der Waals surface area contributed by atoms with Crippen molar-refractivity contribution in [1.82, 2.24) is 19.9 Å². The van der Waals surface area contributed by atoms with E-state index in [9.17, 15) is 0 Å². The Kier molecular flexibility index (Phi) is 3.19. The van der Waals surface area contributed by atoms with E-state index in [1.54, 1.807) is 6.20 Å². The molecule has 0 spiro atoms. The van der Waals surface area contributed by atoms with E-state index in [4.69, 9.17) is 0 Å². The summed E-state index contributed by atoms with van der Waals surface area (Å²) in [6.07, 6.45) is 2.72. The normalized spacial score (nSPS) is 13.2. The standard InChI is InChI=1S/C12H18N4/c1-4-13-9(2)8-11-15-12-10(16(11)3)6-5-7-14-12/h5-7,9,13H,4,8H2,1-3H3. The monoisotopic (exact) mass is 218 g/mol. The van der Waals surface area contributed by atoms with Gasteiger partial charge in [0.05, 0.1) is 5.52 Å². The van der Waals surface area contributed by atoms with E-state index >= 15 is 0 Å². The van der Waals surface area contributed by atoms with E-state index in [-0.39, 0.29) is 0 Å². The molecule has 0 saturated heterocycles. The fraction of sp³-hybridized carbons (Fsp3) is 0.500. The molecule has 0 aliphatic heterocycles. The third-order valence-corrected chi connectivity index (χ3v) is 2.79. The van der Waals surface area contributed by atoms with Crippen LogP contribution in [0.3, 0.4) is 0 Å². The van der Waals surface area contributed by atoms with Crippen LogP contribution < -0.4 is 5.32 Å². The number of nitrogens with one attached hydrogen (secondary N) is 1. The summed E-state index contributed by atoms with van der Waals surface area (Å²) in [5, 5.41) is 3.39. The van der Waals surface area contributed by atoms with Crippen LogP contribution in [-0.2, 0) is 13.5 Å². The maximum absolute atomic E-state index is 4.55. The summed E-state index contributed by atoms with van der Waals surface area (Å²) >= 11 is 0. The van der Waals surface area contributed by atoms with E-state index in [2.05, 4.69) is 39.8 Å². The zero-order valence-corrected chi connectivity index (χ0v) is 10.1. The van der Waals surface area contributed by atoms with Crippen LogP contribution in [0.1, 0.15) is 19.7 Å². The minimum absolute atomic E-state index is 0.445. The average molecular weight is 218 g/mol. The summed E-state index contributed by atoms with van der Waals surface area (Å²) in [7, 11) is 2.05. The van der Waals surface area contributed by atoms with Gasteiger partial charge in [-0.25, -0.2) is 9.97 Å². The fourth-order valence-electron chi connectivity index (χ4n) is 1.95. The summed E-state index contributed by atoms with van der Waals surface area (Å²) in [6, 6.07) is 4.44. The maximum atomic E-state index is 4.55. The molecular formula is C12H18N4. The average Bonchev–Trinajstić information content (AvgIpc) is 2.57. The Morgan fingerprint density at radius 1 is 1.50 bits per heavy atom. The molecule has 0 aromatic carbocycles. The second-order valence-corrected chi connectivity index (χ2v) is 4.10. The lowest BCUT2D eigenvalue weighted by Crippen LogP contribution is -2.28. The predicted molar refractivity (Wildman–Crippen MR) is 65.4 cm³/mol. The largest absolute Gasteiger partial charge is 0.330 e. The predicted octanol–water partition coefficient (Wildman–Crippen LogP) is 1.51. The number of aryl methyl sites for hydroxylation is 1. The Morgan fingerprint density at radius 3 is 3.00 bits per heavy atom. The van der Waals surface area contributed by atoms with E-state index in [1.807, 2.05) is 13.1 Å². The third-order valence-electron chi connectivity index (χ3n) is 2.79. The topological polar surface area (TPSA) is 42.7 Å². The summed E-state index contributed by atoms with van der Waals surface area (Å²) in [4.78, 5) is 8.81.